The molecule has 14 N–H and O–H groups in total. The van der Waals surface area contributed by atoms with E-state index >= 15 is 0 Å². The van der Waals surface area contributed by atoms with Gasteiger partial charge in [0.05, 0.1) is 0 Å². The Hall–Kier alpha value is -4.06. The molecule has 0 radical (unpaired) electrons. The Bertz CT molecular complexity index is 1230. The number of rotatable bonds is 12. The van der Waals surface area contributed by atoms with Gasteiger partial charge in [-0.05, 0) is 61.4 Å². The van der Waals surface area contributed by atoms with E-state index in [1.807, 2.05) is 0 Å². The molecule has 0 aromatic heterocycles. The summed E-state index contributed by atoms with van der Waals surface area (Å²) in [5.41, 5.74) is 24.8. The molecule has 20 heteroatoms. The normalized spacial score (nSPS) is 13.1. The summed E-state index contributed by atoms with van der Waals surface area (Å²) >= 11 is 11.7. The van der Waals surface area contributed by atoms with Crippen LogP contribution >= 0.6 is 48.0 Å². The molecular weight excluding hydrogens is 690 g/mol. The maximum Gasteiger partial charge on any atom is 0.335 e. The summed E-state index contributed by atoms with van der Waals surface area (Å²) in [6, 6.07) is 14.1. The Balaban J connectivity index is 0. The molecule has 46 heavy (non-hydrogen) atoms. The van der Waals surface area contributed by atoms with Crippen LogP contribution in [0.5, 0.6) is 0 Å². The highest BCUT2D eigenvalue weighted by Crippen LogP contribution is 2.13. The van der Waals surface area contributed by atoms with Crippen molar-refractivity contribution in [1.82, 2.24) is 0 Å². The Morgan fingerprint density at radius 1 is 0.630 bits per heavy atom. The number of hydrogen-bond acceptors (Lipinski definition) is 6. The summed E-state index contributed by atoms with van der Waals surface area (Å²) in [5.74, 6) is -2.97. The minimum Gasteiger partial charge on any atom is -0.479 e. The number of nitrogens with one attached hydrogen (secondary N) is 2. The van der Waals surface area contributed by atoms with E-state index in [0.29, 0.717) is 23.1 Å². The minimum atomic E-state index is -2.27. The third kappa shape index (κ3) is 20.1. The number of hydrogen-bond donors (Lipinski definition) is 10. The van der Waals surface area contributed by atoms with Crippen molar-refractivity contribution in [3.63, 3.8) is 0 Å². The van der Waals surface area contributed by atoms with Gasteiger partial charge in [0.2, 0.25) is 23.8 Å². The fourth-order valence-electron chi connectivity index (χ4n) is 2.97. The number of anilines is 2. The lowest BCUT2D eigenvalue weighted by Gasteiger charge is -2.07. The molecule has 0 fully saturated rings. The van der Waals surface area contributed by atoms with Crippen LogP contribution in [0.3, 0.4) is 0 Å². The molecule has 2 rings (SSSR count). The number of carbonyl (C=O) groups is 2. The Morgan fingerprint density at radius 2 is 0.935 bits per heavy atom. The van der Waals surface area contributed by atoms with Crippen LogP contribution in [0.25, 0.3) is 0 Å². The molecule has 0 aliphatic carbocycles. The van der Waals surface area contributed by atoms with Crippen LogP contribution < -0.4 is 33.6 Å². The van der Waals surface area contributed by atoms with Crippen molar-refractivity contribution in [3.05, 3.63) is 58.6 Å². The lowest BCUT2D eigenvalue weighted by molar-refractivity contribution is -0.165. The number of carboxylic acid groups (broad SMARTS) is 2. The average molecular weight is 728 g/mol. The smallest absolute Gasteiger partial charge is 0.335 e. The molecule has 0 saturated heterocycles. The zero-order valence-corrected chi connectivity index (χ0v) is 27.4. The number of unbranched alkanes of at least 4 members (excludes halogenated alkanes) is 3. The van der Waals surface area contributed by atoms with Crippen molar-refractivity contribution in [2.24, 2.45) is 42.9 Å². The predicted octanol–water partition coefficient (Wildman–Crippen LogP) is 2.06. The number of carboxylic acids is 2. The predicted molar refractivity (Wildman–Crippen MR) is 187 cm³/mol. The number of aliphatic carboxylic acids is 2. The van der Waals surface area contributed by atoms with Gasteiger partial charge < -0.3 is 54.0 Å². The molecule has 2 aromatic rings. The van der Waals surface area contributed by atoms with Crippen molar-refractivity contribution in [2.45, 2.75) is 37.9 Å². The molecule has 2 aromatic carbocycles. The van der Waals surface area contributed by atoms with Crippen molar-refractivity contribution in [2.75, 3.05) is 23.7 Å². The lowest BCUT2D eigenvalue weighted by Crippen LogP contribution is -2.39. The quantitative estimate of drug-likeness (QED) is 0.0854. The van der Waals surface area contributed by atoms with Gasteiger partial charge in [0, 0.05) is 34.5 Å². The number of aliphatic hydroxyl groups excluding tert-OH is 2. The van der Waals surface area contributed by atoms with Gasteiger partial charge in [-0.3, -0.25) is 9.98 Å². The molecule has 0 heterocycles. The number of nitrogens with zero attached hydrogens (tertiary/aromatic N) is 4. The Labute approximate surface area is 287 Å². The highest BCUT2D eigenvalue weighted by Gasteiger charge is 2.29. The first-order valence-corrected chi connectivity index (χ1v) is 13.7. The van der Waals surface area contributed by atoms with Crippen LogP contribution in [-0.4, -0.2) is 81.5 Å². The van der Waals surface area contributed by atoms with Gasteiger partial charge in [-0.15, -0.1) is 24.8 Å². The second-order valence-electron chi connectivity index (χ2n) is 8.72. The first-order valence-electron chi connectivity index (χ1n) is 12.9. The molecule has 0 aliphatic heterocycles. The highest BCUT2D eigenvalue weighted by atomic mass is 35.5. The van der Waals surface area contributed by atoms with E-state index in [1.165, 1.54) is 0 Å². The molecule has 0 saturated carbocycles. The Kier molecular flexibility index (Phi) is 23.2. The number of aliphatic hydroxyl groups is 2. The molecule has 0 spiro atoms. The van der Waals surface area contributed by atoms with Gasteiger partial charge in [-0.2, -0.15) is 9.98 Å². The largest absolute Gasteiger partial charge is 0.479 e. The summed E-state index contributed by atoms with van der Waals surface area (Å²) < 4.78 is 0. The van der Waals surface area contributed by atoms with Crippen LogP contribution in [0.4, 0.5) is 11.4 Å². The van der Waals surface area contributed by atoms with E-state index in [4.69, 9.17) is 66.6 Å². The van der Waals surface area contributed by atoms with Gasteiger partial charge in [0.15, 0.2) is 12.2 Å². The molecule has 0 bridgehead atoms. The van der Waals surface area contributed by atoms with Crippen molar-refractivity contribution in [3.8, 4) is 0 Å². The highest BCUT2D eigenvalue weighted by molar-refractivity contribution is 6.31. The van der Waals surface area contributed by atoms with E-state index in [1.54, 1.807) is 48.5 Å². The molecule has 0 aliphatic rings. The van der Waals surface area contributed by atoms with E-state index in [-0.39, 0.29) is 48.7 Å². The Morgan fingerprint density at radius 3 is 1.22 bits per heavy atom. The van der Waals surface area contributed by atoms with Crippen LogP contribution in [0.2, 0.25) is 10.0 Å². The second-order valence-corrected chi connectivity index (χ2v) is 9.59. The summed E-state index contributed by atoms with van der Waals surface area (Å²) in [5, 5.41) is 39.6. The summed E-state index contributed by atoms with van der Waals surface area (Å²) in [7, 11) is 0. The average Bonchev–Trinajstić information content (AvgIpc) is 2.96. The standard InChI is InChI=1S/C22H30Cl2N10.C4H6O6.2ClH/c23-15-5-9-17(10-6-15)31-21(27)33-19(25)29-13-3-1-2-4-14-30-20(26)34-22(28)32-18-11-7-16(24)8-12-18;5-1(3(7)8)2(6)4(9)10;;/h5-12H,1-4,13-14H2,(H5,25,27,29,31,33)(H5,26,28,30,32,34);1-2,5-6H,(H,7,8)(H,9,10);2*1H. The zero-order valence-electron chi connectivity index (χ0n) is 24.3. The van der Waals surface area contributed by atoms with Crippen LogP contribution in [0.15, 0.2) is 68.5 Å². The van der Waals surface area contributed by atoms with Gasteiger partial charge >= 0.3 is 11.9 Å². The third-order valence-electron chi connectivity index (χ3n) is 5.12. The fraction of sp³-hybridized carbons (Fsp3) is 0.308. The molecule has 2 atom stereocenters. The monoisotopic (exact) mass is 726 g/mol. The number of aliphatic imine (C=N–C) groups is 4. The lowest BCUT2D eigenvalue weighted by atomic mass is 10.2. The number of guanidine groups is 4. The topological polar surface area (TPSA) is 293 Å². The molecule has 16 nitrogen and oxygen atoms in total. The number of halogens is 4. The van der Waals surface area contributed by atoms with Gasteiger partial charge in [0.1, 0.15) is 0 Å². The van der Waals surface area contributed by atoms with Crippen molar-refractivity contribution in [1.29, 1.82) is 0 Å². The van der Waals surface area contributed by atoms with E-state index in [9.17, 15) is 9.59 Å². The van der Waals surface area contributed by atoms with Gasteiger partial charge in [-0.25, -0.2) is 9.59 Å². The van der Waals surface area contributed by atoms with Gasteiger partial charge in [-0.1, -0.05) is 36.0 Å². The van der Waals surface area contributed by atoms with Crippen LogP contribution in [-0.2, 0) is 9.59 Å². The van der Waals surface area contributed by atoms with Crippen LogP contribution in [0, 0.1) is 0 Å². The SMILES string of the molecule is Cl.Cl.NC(=NCCCCCCN=C(N)N=C(N)Nc1ccc(Cl)cc1)N=C(N)Nc1ccc(Cl)cc1.O=C(O)C(O)C(O)C(=O)O. The summed E-state index contributed by atoms with van der Waals surface area (Å²) in [4.78, 5) is 36.0. The third-order valence-corrected chi connectivity index (χ3v) is 5.63. The van der Waals surface area contributed by atoms with Gasteiger partial charge in [0.25, 0.3) is 0 Å². The van der Waals surface area contributed by atoms with Crippen LogP contribution in [0.1, 0.15) is 25.7 Å². The maximum absolute atomic E-state index is 9.77. The summed E-state index contributed by atoms with van der Waals surface area (Å²) in [6.07, 6.45) is -0.850. The first kappa shape index (κ1) is 44.1. The second kappa shape index (κ2) is 24.2. The van der Waals surface area contributed by atoms with E-state index in [2.05, 4.69) is 30.6 Å². The zero-order chi connectivity index (χ0) is 33.1. The number of benzene rings is 2. The fourth-order valence-corrected chi connectivity index (χ4v) is 3.22. The van der Waals surface area contributed by atoms with Crippen molar-refractivity contribution < 1.29 is 30.0 Å². The first-order chi connectivity index (χ1) is 20.8. The summed E-state index contributed by atoms with van der Waals surface area (Å²) in [6.45, 7) is 1.12. The molecular formula is C26H38Cl4N10O6. The minimum absolute atomic E-state index is 0. The molecule has 2 unspecified atom stereocenters. The number of nitrogens with two attached hydrogens (primary N) is 4. The maximum atomic E-state index is 9.77. The van der Waals surface area contributed by atoms with E-state index < -0.39 is 24.1 Å². The van der Waals surface area contributed by atoms with Crippen molar-refractivity contribution >= 4 is 95.2 Å². The molecule has 256 valence electrons. The molecule has 0 amide bonds. The van der Waals surface area contributed by atoms with E-state index in [0.717, 1.165) is 37.1 Å².